The van der Waals surface area contributed by atoms with Crippen molar-refractivity contribution in [2.24, 2.45) is 22.7 Å². The second kappa shape index (κ2) is 3.25. The van der Waals surface area contributed by atoms with Gasteiger partial charge in [0.2, 0.25) is 0 Å². The molecule has 0 aromatic carbocycles. The summed E-state index contributed by atoms with van der Waals surface area (Å²) in [6.07, 6.45) is 13.9. The molecule has 0 aliphatic heterocycles. The van der Waals surface area contributed by atoms with Crippen LogP contribution in [0.1, 0.15) is 71.6 Å². The zero-order valence-corrected chi connectivity index (χ0v) is 10.5. The third-order valence-electron chi connectivity index (χ3n) is 6.45. The third-order valence-corrected chi connectivity index (χ3v) is 6.45. The van der Waals surface area contributed by atoms with Crippen LogP contribution in [0.3, 0.4) is 0 Å². The Morgan fingerprint density at radius 3 is 2.33 bits per heavy atom. The van der Waals surface area contributed by atoms with Crippen LogP contribution >= 0.6 is 0 Å². The lowest BCUT2D eigenvalue weighted by Gasteiger charge is -2.46. The van der Waals surface area contributed by atoms with Gasteiger partial charge >= 0.3 is 0 Å². The Morgan fingerprint density at radius 1 is 0.933 bits per heavy atom. The maximum Gasteiger partial charge on any atom is -0.0238 e. The van der Waals surface area contributed by atoms with Crippen LogP contribution in [0.15, 0.2) is 0 Å². The van der Waals surface area contributed by atoms with Crippen molar-refractivity contribution in [3.05, 3.63) is 0 Å². The smallest absolute Gasteiger partial charge is 0.0238 e. The van der Waals surface area contributed by atoms with E-state index in [1.165, 1.54) is 19.3 Å². The summed E-state index contributed by atoms with van der Waals surface area (Å²) in [6, 6.07) is 0. The van der Waals surface area contributed by atoms with Gasteiger partial charge in [0.25, 0.3) is 0 Å². The Balaban J connectivity index is 2.03. The number of fused-ring (bicyclic) bond motifs is 2. The van der Waals surface area contributed by atoms with Crippen LogP contribution in [0.2, 0.25) is 0 Å². The second-order valence-electron chi connectivity index (χ2n) is 6.74. The van der Waals surface area contributed by atoms with E-state index >= 15 is 0 Å². The third kappa shape index (κ3) is 1.20. The molecule has 4 atom stereocenters. The summed E-state index contributed by atoms with van der Waals surface area (Å²) in [5, 5.41) is 0. The molecule has 0 saturated heterocycles. The predicted octanol–water partition coefficient (Wildman–Crippen LogP) is 4.78. The molecule has 3 saturated carbocycles. The molecule has 4 unspecified atom stereocenters. The van der Waals surface area contributed by atoms with Gasteiger partial charge in [0.1, 0.15) is 0 Å². The van der Waals surface area contributed by atoms with Crippen molar-refractivity contribution in [2.45, 2.75) is 71.6 Å². The van der Waals surface area contributed by atoms with Gasteiger partial charge < -0.3 is 0 Å². The topological polar surface area (TPSA) is 0 Å². The quantitative estimate of drug-likeness (QED) is 0.610. The van der Waals surface area contributed by atoms with Crippen molar-refractivity contribution in [1.82, 2.24) is 0 Å². The highest BCUT2D eigenvalue weighted by molar-refractivity contribution is 5.09. The SMILES string of the molecule is CCC12CCCC3CC(C1)CC2(CC)C3. The summed E-state index contributed by atoms with van der Waals surface area (Å²) >= 11 is 0. The molecule has 3 rings (SSSR count). The largest absolute Gasteiger partial charge is 0.0648 e. The van der Waals surface area contributed by atoms with Crippen molar-refractivity contribution in [3.8, 4) is 0 Å². The molecule has 3 aliphatic rings. The summed E-state index contributed by atoms with van der Waals surface area (Å²) in [6.45, 7) is 4.94. The molecule has 0 aromatic rings. The first-order chi connectivity index (χ1) is 7.24. The molecule has 86 valence electrons. The molecule has 3 bridgehead atoms. The lowest BCUT2D eigenvalue weighted by Crippen LogP contribution is -2.37. The molecule has 0 heterocycles. The minimum absolute atomic E-state index is 0.775. The molecule has 15 heavy (non-hydrogen) atoms. The highest BCUT2D eigenvalue weighted by Crippen LogP contribution is 2.69. The van der Waals surface area contributed by atoms with Gasteiger partial charge in [-0.15, -0.1) is 0 Å². The lowest BCUT2D eigenvalue weighted by atomic mass is 9.59. The summed E-state index contributed by atoms with van der Waals surface area (Å²) in [5.41, 5.74) is 1.56. The van der Waals surface area contributed by atoms with Gasteiger partial charge in [-0.25, -0.2) is 0 Å². The van der Waals surface area contributed by atoms with Crippen molar-refractivity contribution in [1.29, 1.82) is 0 Å². The fourth-order valence-corrected chi connectivity index (χ4v) is 5.86. The molecule has 3 fully saturated rings. The van der Waals surface area contributed by atoms with Gasteiger partial charge in [-0.1, -0.05) is 26.7 Å². The molecule has 0 nitrogen and oxygen atoms in total. The van der Waals surface area contributed by atoms with Gasteiger partial charge in [-0.2, -0.15) is 0 Å². The average Bonchev–Trinajstić information content (AvgIpc) is 2.40. The monoisotopic (exact) mass is 206 g/mol. The van der Waals surface area contributed by atoms with Crippen LogP contribution in [0.25, 0.3) is 0 Å². The van der Waals surface area contributed by atoms with Gasteiger partial charge in [0.05, 0.1) is 0 Å². The van der Waals surface area contributed by atoms with E-state index in [2.05, 4.69) is 13.8 Å². The molecule has 0 heteroatoms. The molecule has 0 amide bonds. The first kappa shape index (κ1) is 10.2. The van der Waals surface area contributed by atoms with Crippen LogP contribution in [-0.4, -0.2) is 0 Å². The Bertz CT molecular complexity index is 253. The first-order valence-electron chi connectivity index (χ1n) is 7.24. The van der Waals surface area contributed by atoms with E-state index in [0.29, 0.717) is 0 Å². The van der Waals surface area contributed by atoms with E-state index in [1.54, 1.807) is 38.5 Å². The van der Waals surface area contributed by atoms with Gasteiger partial charge in [-0.3, -0.25) is 0 Å². The Morgan fingerprint density at radius 2 is 1.60 bits per heavy atom. The highest BCUT2D eigenvalue weighted by atomic mass is 14.6. The predicted molar refractivity (Wildman–Crippen MR) is 64.7 cm³/mol. The molecular formula is C15H26. The van der Waals surface area contributed by atoms with Gasteiger partial charge in [-0.05, 0) is 67.6 Å². The Kier molecular flexibility index (Phi) is 2.20. The summed E-state index contributed by atoms with van der Waals surface area (Å²) in [4.78, 5) is 0. The van der Waals surface area contributed by atoms with Crippen LogP contribution in [-0.2, 0) is 0 Å². The normalized spacial score (nSPS) is 53.2. The van der Waals surface area contributed by atoms with Gasteiger partial charge in [0.15, 0.2) is 0 Å². The summed E-state index contributed by atoms with van der Waals surface area (Å²) in [7, 11) is 0. The fraction of sp³-hybridized carbons (Fsp3) is 1.00. The molecular weight excluding hydrogens is 180 g/mol. The van der Waals surface area contributed by atoms with E-state index in [9.17, 15) is 0 Å². The van der Waals surface area contributed by atoms with E-state index in [4.69, 9.17) is 0 Å². The molecule has 0 aromatic heterocycles. The van der Waals surface area contributed by atoms with Crippen LogP contribution in [0.5, 0.6) is 0 Å². The zero-order chi connectivity index (χ0) is 10.5. The van der Waals surface area contributed by atoms with Crippen molar-refractivity contribution >= 4 is 0 Å². The standard InChI is InChI=1S/C15H26/c1-3-14-7-5-6-12-8-13(10-14)11-15(14,4-2)9-12/h12-13H,3-11H2,1-2H3. The molecule has 0 radical (unpaired) electrons. The zero-order valence-electron chi connectivity index (χ0n) is 10.5. The molecule has 0 N–H and O–H groups in total. The van der Waals surface area contributed by atoms with E-state index < -0.39 is 0 Å². The van der Waals surface area contributed by atoms with Crippen LogP contribution in [0.4, 0.5) is 0 Å². The number of hydrogen-bond donors (Lipinski definition) is 0. The second-order valence-corrected chi connectivity index (χ2v) is 6.74. The summed E-state index contributed by atoms with van der Waals surface area (Å²) < 4.78 is 0. The van der Waals surface area contributed by atoms with Crippen molar-refractivity contribution < 1.29 is 0 Å². The van der Waals surface area contributed by atoms with Crippen molar-refractivity contribution in [2.75, 3.05) is 0 Å². The number of hydrogen-bond acceptors (Lipinski definition) is 0. The van der Waals surface area contributed by atoms with E-state index in [0.717, 1.165) is 22.7 Å². The molecule has 3 aliphatic carbocycles. The minimum Gasteiger partial charge on any atom is -0.0648 e. The van der Waals surface area contributed by atoms with E-state index in [-0.39, 0.29) is 0 Å². The summed E-state index contributed by atoms with van der Waals surface area (Å²) in [5.74, 6) is 2.23. The Labute approximate surface area is 94.8 Å². The molecule has 0 spiro atoms. The minimum atomic E-state index is 0.775. The van der Waals surface area contributed by atoms with Gasteiger partial charge in [0, 0.05) is 0 Å². The fourth-order valence-electron chi connectivity index (χ4n) is 5.86. The van der Waals surface area contributed by atoms with Crippen LogP contribution in [0, 0.1) is 22.7 Å². The lowest BCUT2D eigenvalue weighted by molar-refractivity contribution is 0.0362. The maximum atomic E-state index is 2.47. The highest BCUT2D eigenvalue weighted by Gasteiger charge is 2.59. The maximum absolute atomic E-state index is 2.47. The first-order valence-corrected chi connectivity index (χ1v) is 7.24. The average molecular weight is 206 g/mol. The van der Waals surface area contributed by atoms with Crippen molar-refractivity contribution in [3.63, 3.8) is 0 Å². The van der Waals surface area contributed by atoms with Crippen LogP contribution < -0.4 is 0 Å². The number of rotatable bonds is 2. The Hall–Kier alpha value is 0. The van der Waals surface area contributed by atoms with E-state index in [1.807, 2.05) is 0 Å².